The monoisotopic (exact) mass is 265 g/mol. The standard InChI is InChI=1S/C13H15NO3S/c1-18(17)9-5-4-8-14-12(15)10-6-2-3-7-11(10)13(14)16/h2-3,6-7H,4-5,8-9H2,1H3/t18-/m0/s1. The maximum atomic E-state index is 12.0. The van der Waals surface area contributed by atoms with Crippen LogP contribution in [0.15, 0.2) is 24.3 Å². The molecule has 0 aliphatic carbocycles. The molecule has 5 heteroatoms. The van der Waals surface area contributed by atoms with Crippen LogP contribution in [0.1, 0.15) is 33.6 Å². The number of hydrogen-bond acceptors (Lipinski definition) is 3. The van der Waals surface area contributed by atoms with Crippen LogP contribution in [0.25, 0.3) is 0 Å². The first kappa shape index (κ1) is 13.0. The second kappa shape index (κ2) is 5.44. The first-order valence-electron chi connectivity index (χ1n) is 5.86. The van der Waals surface area contributed by atoms with Gasteiger partial charge in [-0.1, -0.05) is 12.1 Å². The minimum absolute atomic E-state index is 0.215. The molecule has 0 radical (unpaired) electrons. The van der Waals surface area contributed by atoms with Gasteiger partial charge in [0, 0.05) is 29.4 Å². The van der Waals surface area contributed by atoms with Crippen LogP contribution in [0.2, 0.25) is 0 Å². The van der Waals surface area contributed by atoms with Crippen LogP contribution < -0.4 is 0 Å². The molecular formula is C13H15NO3S. The third-order valence-electron chi connectivity index (χ3n) is 2.94. The van der Waals surface area contributed by atoms with E-state index in [1.165, 1.54) is 4.90 Å². The van der Waals surface area contributed by atoms with Gasteiger partial charge in [-0.05, 0) is 25.0 Å². The molecule has 18 heavy (non-hydrogen) atoms. The molecule has 2 amide bonds. The number of carbonyl (C=O) groups is 2. The minimum atomic E-state index is -0.814. The van der Waals surface area contributed by atoms with Crippen LogP contribution in [0.5, 0.6) is 0 Å². The second-order valence-electron chi connectivity index (χ2n) is 4.29. The summed E-state index contributed by atoms with van der Waals surface area (Å²) in [6, 6.07) is 6.87. The molecule has 2 rings (SSSR count). The Bertz CT molecular complexity index is 478. The van der Waals surface area contributed by atoms with E-state index in [-0.39, 0.29) is 11.8 Å². The van der Waals surface area contributed by atoms with Crippen molar-refractivity contribution in [3.63, 3.8) is 0 Å². The predicted molar refractivity (Wildman–Crippen MR) is 70.0 cm³/mol. The molecule has 4 nitrogen and oxygen atoms in total. The molecule has 0 saturated heterocycles. The van der Waals surface area contributed by atoms with Gasteiger partial charge in [-0.15, -0.1) is 0 Å². The van der Waals surface area contributed by atoms with E-state index in [0.717, 1.165) is 6.42 Å². The average Bonchev–Trinajstić information content (AvgIpc) is 2.59. The molecule has 1 atom stereocenters. The van der Waals surface area contributed by atoms with Crippen LogP contribution in [-0.4, -0.2) is 39.5 Å². The van der Waals surface area contributed by atoms with Gasteiger partial charge in [0.15, 0.2) is 0 Å². The summed E-state index contributed by atoms with van der Waals surface area (Å²) < 4.78 is 10.9. The lowest BCUT2D eigenvalue weighted by Crippen LogP contribution is -2.30. The first-order valence-corrected chi connectivity index (χ1v) is 7.59. The van der Waals surface area contributed by atoms with Gasteiger partial charge < -0.3 is 0 Å². The highest BCUT2D eigenvalue weighted by Crippen LogP contribution is 2.22. The van der Waals surface area contributed by atoms with Crippen molar-refractivity contribution in [1.29, 1.82) is 0 Å². The third-order valence-corrected chi connectivity index (χ3v) is 3.81. The fourth-order valence-corrected chi connectivity index (χ4v) is 2.63. The number of nitrogens with zero attached hydrogens (tertiary/aromatic N) is 1. The molecule has 1 aliphatic rings. The van der Waals surface area contributed by atoms with Crippen molar-refractivity contribution in [3.8, 4) is 0 Å². The van der Waals surface area contributed by atoms with Crippen LogP contribution in [0.4, 0.5) is 0 Å². The topological polar surface area (TPSA) is 54.5 Å². The fraction of sp³-hybridized carbons (Fsp3) is 0.385. The van der Waals surface area contributed by atoms with Gasteiger partial charge in [0.1, 0.15) is 0 Å². The summed E-state index contributed by atoms with van der Waals surface area (Å²) in [5.41, 5.74) is 0.975. The number of rotatable bonds is 5. The quantitative estimate of drug-likeness (QED) is 0.598. The van der Waals surface area contributed by atoms with Gasteiger partial charge in [0.05, 0.1) is 11.1 Å². The summed E-state index contributed by atoms with van der Waals surface area (Å²) in [7, 11) is -0.814. The second-order valence-corrected chi connectivity index (χ2v) is 5.85. The summed E-state index contributed by atoms with van der Waals surface area (Å²) >= 11 is 0. The number of benzene rings is 1. The summed E-state index contributed by atoms with van der Waals surface area (Å²) in [6.45, 7) is 0.406. The zero-order valence-corrected chi connectivity index (χ0v) is 11.0. The zero-order chi connectivity index (χ0) is 13.1. The highest BCUT2D eigenvalue weighted by Gasteiger charge is 2.34. The van der Waals surface area contributed by atoms with Gasteiger partial charge in [0.2, 0.25) is 0 Å². The van der Waals surface area contributed by atoms with Crippen molar-refractivity contribution in [3.05, 3.63) is 35.4 Å². The molecule has 1 aromatic rings. The summed E-state index contributed by atoms with van der Waals surface area (Å²) in [5, 5.41) is 0. The smallest absolute Gasteiger partial charge is 0.261 e. The van der Waals surface area contributed by atoms with Crippen molar-refractivity contribution >= 4 is 22.6 Å². The molecule has 0 N–H and O–H groups in total. The van der Waals surface area contributed by atoms with E-state index in [1.807, 2.05) is 0 Å². The maximum absolute atomic E-state index is 12.0. The molecule has 1 heterocycles. The van der Waals surface area contributed by atoms with Gasteiger partial charge in [0.25, 0.3) is 11.8 Å². The predicted octanol–water partition coefficient (Wildman–Crippen LogP) is 1.44. The van der Waals surface area contributed by atoms with Crippen LogP contribution in [0.3, 0.4) is 0 Å². The largest absolute Gasteiger partial charge is 0.274 e. The summed E-state index contributed by atoms with van der Waals surface area (Å²) in [5.74, 6) is 0.185. The van der Waals surface area contributed by atoms with Crippen molar-refractivity contribution in [2.75, 3.05) is 18.6 Å². The van der Waals surface area contributed by atoms with E-state index in [4.69, 9.17) is 0 Å². The van der Waals surface area contributed by atoms with E-state index in [9.17, 15) is 13.8 Å². The van der Waals surface area contributed by atoms with Gasteiger partial charge >= 0.3 is 0 Å². The number of amides is 2. The Morgan fingerprint density at radius 2 is 1.61 bits per heavy atom. The van der Waals surface area contributed by atoms with Crippen molar-refractivity contribution < 1.29 is 13.8 Å². The van der Waals surface area contributed by atoms with E-state index >= 15 is 0 Å². The van der Waals surface area contributed by atoms with E-state index in [0.29, 0.717) is 29.8 Å². The number of imide groups is 1. The van der Waals surface area contributed by atoms with Gasteiger partial charge in [-0.3, -0.25) is 18.7 Å². The Balaban J connectivity index is 1.99. The third kappa shape index (κ3) is 2.51. The highest BCUT2D eigenvalue weighted by molar-refractivity contribution is 7.84. The molecule has 0 spiro atoms. The fourth-order valence-electron chi connectivity index (χ4n) is 2.02. The Labute approximate surface area is 108 Å². The van der Waals surface area contributed by atoms with E-state index in [2.05, 4.69) is 0 Å². The molecule has 0 aromatic heterocycles. The zero-order valence-electron chi connectivity index (χ0n) is 10.2. The lowest BCUT2D eigenvalue weighted by molar-refractivity contribution is 0.0652. The number of carbonyl (C=O) groups excluding carboxylic acids is 2. The molecule has 0 unspecified atom stereocenters. The normalized spacial score (nSPS) is 15.9. The van der Waals surface area contributed by atoms with Gasteiger partial charge in [-0.25, -0.2) is 0 Å². The molecule has 1 aromatic carbocycles. The van der Waals surface area contributed by atoms with Crippen molar-refractivity contribution in [2.45, 2.75) is 12.8 Å². The molecule has 0 fully saturated rings. The molecule has 1 aliphatic heterocycles. The SMILES string of the molecule is C[S@](=O)CCCCN1C(=O)c2ccccc2C1=O. The molecule has 0 bridgehead atoms. The minimum Gasteiger partial charge on any atom is -0.274 e. The van der Waals surface area contributed by atoms with E-state index in [1.54, 1.807) is 30.5 Å². The summed E-state index contributed by atoms with van der Waals surface area (Å²) in [6.07, 6.45) is 3.11. The van der Waals surface area contributed by atoms with Crippen LogP contribution >= 0.6 is 0 Å². The van der Waals surface area contributed by atoms with Gasteiger partial charge in [-0.2, -0.15) is 0 Å². The first-order chi connectivity index (χ1) is 8.61. The summed E-state index contributed by atoms with van der Waals surface area (Å²) in [4.78, 5) is 25.2. The average molecular weight is 265 g/mol. The molecule has 0 saturated carbocycles. The maximum Gasteiger partial charge on any atom is 0.261 e. The van der Waals surface area contributed by atoms with Crippen molar-refractivity contribution in [1.82, 2.24) is 4.90 Å². The Morgan fingerprint density at radius 3 is 2.11 bits per heavy atom. The molecular weight excluding hydrogens is 250 g/mol. The van der Waals surface area contributed by atoms with Crippen molar-refractivity contribution in [2.24, 2.45) is 0 Å². The molecule has 96 valence electrons. The lowest BCUT2D eigenvalue weighted by Gasteiger charge is -2.12. The number of hydrogen-bond donors (Lipinski definition) is 0. The number of fused-ring (bicyclic) bond motifs is 1. The Hall–Kier alpha value is -1.49. The Morgan fingerprint density at radius 1 is 1.06 bits per heavy atom. The Kier molecular flexibility index (Phi) is 3.91. The van der Waals surface area contributed by atoms with Crippen LogP contribution in [-0.2, 0) is 10.8 Å². The lowest BCUT2D eigenvalue weighted by atomic mass is 10.1. The number of unbranched alkanes of at least 4 members (excludes halogenated alkanes) is 1. The van der Waals surface area contributed by atoms with Crippen LogP contribution in [0, 0.1) is 0 Å². The highest BCUT2D eigenvalue weighted by atomic mass is 32.2. The van der Waals surface area contributed by atoms with E-state index < -0.39 is 10.8 Å².